The van der Waals surface area contributed by atoms with Crippen molar-refractivity contribution in [2.45, 2.75) is 6.42 Å². The van der Waals surface area contributed by atoms with Crippen LogP contribution >= 0.6 is 0 Å². The molecule has 2 aromatic rings. The molecule has 8 heteroatoms. The minimum Gasteiger partial charge on any atom is -0.493 e. The molecular weight excluding hydrogens is 348 g/mol. The predicted octanol–water partition coefficient (Wildman–Crippen LogP) is 0.948. The molecule has 2 heterocycles. The van der Waals surface area contributed by atoms with Gasteiger partial charge < -0.3 is 28.8 Å². The van der Waals surface area contributed by atoms with E-state index in [9.17, 15) is 5.26 Å². The van der Waals surface area contributed by atoms with Gasteiger partial charge in [0.25, 0.3) is 0 Å². The van der Waals surface area contributed by atoms with Gasteiger partial charge in [-0.15, -0.1) is 0 Å². The Bertz CT molecular complexity index is 793. The Kier molecular flexibility index (Phi) is 6.52. The maximum atomic E-state index is 9.35. The Hall–Kier alpha value is -2.76. The molecule has 3 rings (SSSR count). The zero-order valence-electron chi connectivity index (χ0n) is 15.7. The third-order valence-corrected chi connectivity index (χ3v) is 4.56. The number of quaternary nitrogens is 1. The van der Waals surface area contributed by atoms with Crippen molar-refractivity contribution in [3.8, 4) is 29.0 Å². The Morgan fingerprint density at radius 1 is 1.22 bits per heavy atom. The van der Waals surface area contributed by atoms with Gasteiger partial charge in [0.05, 0.1) is 34.0 Å². The molecule has 0 aliphatic carbocycles. The van der Waals surface area contributed by atoms with Crippen LogP contribution in [-0.4, -0.2) is 58.6 Å². The second-order valence-electron chi connectivity index (χ2n) is 6.27. The molecule has 0 atom stereocenters. The number of rotatable bonds is 8. The van der Waals surface area contributed by atoms with Gasteiger partial charge in [-0.05, 0) is 18.2 Å². The van der Waals surface area contributed by atoms with Gasteiger partial charge in [-0.3, -0.25) is 0 Å². The van der Waals surface area contributed by atoms with Crippen molar-refractivity contribution in [2.24, 2.45) is 0 Å². The van der Waals surface area contributed by atoms with E-state index in [0.29, 0.717) is 23.3 Å². The van der Waals surface area contributed by atoms with E-state index in [1.807, 2.05) is 6.07 Å². The molecule has 144 valence electrons. The largest absolute Gasteiger partial charge is 0.493 e. The van der Waals surface area contributed by atoms with E-state index in [4.69, 9.17) is 18.6 Å². The molecule has 0 radical (unpaired) electrons. The topological polar surface area (TPSA) is 94.0 Å². The minimum atomic E-state index is 0.249. The summed E-state index contributed by atoms with van der Waals surface area (Å²) in [5, 5.41) is 12.5. The normalized spacial score (nSPS) is 14.6. The standard InChI is InChI=1S/C19H24N4O4/c1-24-16-5-4-14(12-17(16)25-2)18-22-15(13-20)19(27-18)21-6-3-7-23-8-10-26-11-9-23/h4-5,12,21H,3,6-11H2,1-2H3/p+1. The van der Waals surface area contributed by atoms with Crippen LogP contribution in [0.3, 0.4) is 0 Å². The third kappa shape index (κ3) is 4.70. The molecule has 27 heavy (non-hydrogen) atoms. The fourth-order valence-corrected chi connectivity index (χ4v) is 3.06. The first-order chi connectivity index (χ1) is 13.2. The number of aromatic nitrogens is 1. The number of hydrogen-bond acceptors (Lipinski definition) is 7. The molecule has 0 spiro atoms. The molecule has 0 saturated carbocycles. The minimum absolute atomic E-state index is 0.249. The molecule has 2 N–H and O–H groups in total. The van der Waals surface area contributed by atoms with Crippen molar-refractivity contribution < 1.29 is 23.5 Å². The average Bonchev–Trinajstić information content (AvgIpc) is 3.14. The Morgan fingerprint density at radius 3 is 2.70 bits per heavy atom. The monoisotopic (exact) mass is 373 g/mol. The van der Waals surface area contributed by atoms with E-state index < -0.39 is 0 Å². The maximum absolute atomic E-state index is 9.35. The number of nitriles is 1. The number of nitrogens with one attached hydrogen (secondary N) is 2. The summed E-state index contributed by atoms with van der Waals surface area (Å²) in [7, 11) is 3.15. The molecule has 1 aliphatic rings. The van der Waals surface area contributed by atoms with E-state index in [0.717, 1.165) is 51.4 Å². The van der Waals surface area contributed by atoms with Crippen LogP contribution in [-0.2, 0) is 4.74 Å². The van der Waals surface area contributed by atoms with Crippen LogP contribution in [0.15, 0.2) is 22.6 Å². The van der Waals surface area contributed by atoms with Crippen LogP contribution in [0.4, 0.5) is 5.88 Å². The Labute approximate surface area is 158 Å². The van der Waals surface area contributed by atoms with Crippen molar-refractivity contribution in [1.29, 1.82) is 5.26 Å². The van der Waals surface area contributed by atoms with Crippen LogP contribution in [0, 0.1) is 11.3 Å². The highest BCUT2D eigenvalue weighted by atomic mass is 16.5. The summed E-state index contributed by atoms with van der Waals surface area (Å²) >= 11 is 0. The van der Waals surface area contributed by atoms with Crippen LogP contribution < -0.4 is 19.7 Å². The van der Waals surface area contributed by atoms with Crippen LogP contribution in [0.25, 0.3) is 11.5 Å². The van der Waals surface area contributed by atoms with Crippen LogP contribution in [0.1, 0.15) is 12.1 Å². The first kappa shape index (κ1) is 19.0. The van der Waals surface area contributed by atoms with Gasteiger partial charge >= 0.3 is 0 Å². The summed E-state index contributed by atoms with van der Waals surface area (Å²) in [6.45, 7) is 5.55. The molecule has 1 aliphatic heterocycles. The van der Waals surface area contributed by atoms with Gasteiger partial charge in [-0.1, -0.05) is 0 Å². The number of methoxy groups -OCH3 is 2. The second kappa shape index (κ2) is 9.26. The van der Waals surface area contributed by atoms with E-state index in [-0.39, 0.29) is 5.69 Å². The first-order valence-electron chi connectivity index (χ1n) is 9.03. The zero-order chi connectivity index (χ0) is 19.1. The summed E-state index contributed by atoms with van der Waals surface area (Å²) in [6, 6.07) is 7.46. The van der Waals surface area contributed by atoms with Crippen molar-refractivity contribution >= 4 is 5.88 Å². The SMILES string of the molecule is COc1ccc(-c2nc(C#N)c(NCCC[NH+]3CCOCC3)o2)cc1OC. The average molecular weight is 373 g/mol. The van der Waals surface area contributed by atoms with Crippen molar-refractivity contribution in [3.05, 3.63) is 23.9 Å². The number of anilines is 1. The highest BCUT2D eigenvalue weighted by molar-refractivity contribution is 5.63. The molecule has 1 aromatic carbocycles. The maximum Gasteiger partial charge on any atom is 0.232 e. The molecule has 1 saturated heterocycles. The van der Waals surface area contributed by atoms with E-state index in [1.165, 1.54) is 0 Å². The predicted molar refractivity (Wildman–Crippen MR) is 99.2 cm³/mol. The van der Waals surface area contributed by atoms with Gasteiger partial charge in [-0.25, -0.2) is 0 Å². The van der Waals surface area contributed by atoms with Gasteiger partial charge in [-0.2, -0.15) is 10.2 Å². The summed E-state index contributed by atoms with van der Waals surface area (Å²) in [4.78, 5) is 5.84. The summed E-state index contributed by atoms with van der Waals surface area (Å²) in [5.41, 5.74) is 0.966. The fourth-order valence-electron chi connectivity index (χ4n) is 3.06. The van der Waals surface area contributed by atoms with E-state index in [2.05, 4.69) is 16.4 Å². The molecule has 0 unspecified atom stereocenters. The summed E-state index contributed by atoms with van der Waals surface area (Å²) < 4.78 is 21.7. The Morgan fingerprint density at radius 2 is 2.00 bits per heavy atom. The Balaban J connectivity index is 1.64. The molecule has 1 fully saturated rings. The van der Waals surface area contributed by atoms with Gasteiger partial charge in [0, 0.05) is 18.5 Å². The van der Waals surface area contributed by atoms with Gasteiger partial charge in [0.1, 0.15) is 19.2 Å². The smallest absolute Gasteiger partial charge is 0.232 e. The summed E-state index contributed by atoms with van der Waals surface area (Å²) in [6.07, 6.45) is 0.979. The number of hydrogen-bond donors (Lipinski definition) is 2. The summed E-state index contributed by atoms with van der Waals surface area (Å²) in [5.74, 6) is 1.97. The van der Waals surface area contributed by atoms with Crippen molar-refractivity contribution in [3.63, 3.8) is 0 Å². The lowest BCUT2D eigenvalue weighted by Gasteiger charge is -2.23. The van der Waals surface area contributed by atoms with Crippen molar-refractivity contribution in [2.75, 3.05) is 58.9 Å². The molecule has 1 aromatic heterocycles. The quantitative estimate of drug-likeness (QED) is 0.665. The zero-order valence-corrected chi connectivity index (χ0v) is 15.7. The number of benzene rings is 1. The van der Waals surface area contributed by atoms with E-state index in [1.54, 1.807) is 31.3 Å². The number of ether oxygens (including phenoxy) is 3. The van der Waals surface area contributed by atoms with Crippen LogP contribution in [0.2, 0.25) is 0 Å². The molecule has 0 bridgehead atoms. The van der Waals surface area contributed by atoms with Gasteiger partial charge in [0.2, 0.25) is 17.5 Å². The lowest BCUT2D eigenvalue weighted by Crippen LogP contribution is -3.14. The lowest BCUT2D eigenvalue weighted by molar-refractivity contribution is -0.908. The van der Waals surface area contributed by atoms with Crippen molar-refractivity contribution in [1.82, 2.24) is 4.98 Å². The number of morpholine rings is 1. The number of nitrogens with zero attached hydrogens (tertiary/aromatic N) is 2. The van der Waals surface area contributed by atoms with Gasteiger partial charge in [0.15, 0.2) is 11.5 Å². The highest BCUT2D eigenvalue weighted by Crippen LogP contribution is 2.33. The highest BCUT2D eigenvalue weighted by Gasteiger charge is 2.17. The molecule has 0 amide bonds. The molecule has 8 nitrogen and oxygen atoms in total. The third-order valence-electron chi connectivity index (χ3n) is 4.56. The lowest BCUT2D eigenvalue weighted by atomic mass is 10.2. The van der Waals surface area contributed by atoms with E-state index >= 15 is 0 Å². The number of oxazole rings is 1. The molecular formula is C19H25N4O4+. The van der Waals surface area contributed by atoms with Crippen LogP contribution in [0.5, 0.6) is 11.5 Å². The fraction of sp³-hybridized carbons (Fsp3) is 0.474. The second-order valence-corrected chi connectivity index (χ2v) is 6.27. The first-order valence-corrected chi connectivity index (χ1v) is 9.03.